The minimum absolute atomic E-state index is 0.0281. The van der Waals surface area contributed by atoms with Gasteiger partial charge in [0.2, 0.25) is 5.91 Å². The van der Waals surface area contributed by atoms with Gasteiger partial charge in [-0.1, -0.05) is 6.58 Å². The predicted molar refractivity (Wildman–Crippen MR) is 39.3 cm³/mol. The molecule has 1 aliphatic heterocycles. The van der Waals surface area contributed by atoms with E-state index in [0.717, 1.165) is 32.0 Å². The van der Waals surface area contributed by atoms with Crippen molar-refractivity contribution in [3.63, 3.8) is 0 Å². The second kappa shape index (κ2) is 3.40. The molecule has 1 aliphatic rings. The monoisotopic (exact) mass is 138 g/mol. The second-order valence-electron chi connectivity index (χ2n) is 2.55. The van der Waals surface area contributed by atoms with Gasteiger partial charge in [-0.3, -0.25) is 4.79 Å². The molecule has 0 aromatic rings. The zero-order valence-electron chi connectivity index (χ0n) is 6.05. The first-order chi connectivity index (χ1) is 4.84. The third kappa shape index (κ3) is 1.59. The van der Waals surface area contributed by atoms with E-state index < -0.39 is 0 Å². The van der Waals surface area contributed by atoms with Gasteiger partial charge in [-0.05, 0) is 19.3 Å². The Morgan fingerprint density at radius 2 is 1.90 bits per heavy atom. The van der Waals surface area contributed by atoms with Crippen LogP contribution in [0.1, 0.15) is 19.3 Å². The lowest BCUT2D eigenvalue weighted by Gasteiger charge is -2.25. The molecule has 0 bridgehead atoms. The normalized spacial score (nSPS) is 18.6. The van der Waals surface area contributed by atoms with Gasteiger partial charge in [0.1, 0.15) is 0 Å². The van der Waals surface area contributed by atoms with Crippen molar-refractivity contribution < 1.29 is 4.79 Å². The molecule has 1 radical (unpaired) electrons. The molecule has 10 heavy (non-hydrogen) atoms. The first-order valence-corrected chi connectivity index (χ1v) is 3.68. The van der Waals surface area contributed by atoms with Gasteiger partial charge in [0.05, 0.1) is 0 Å². The van der Waals surface area contributed by atoms with E-state index in [0.29, 0.717) is 0 Å². The fourth-order valence-electron chi connectivity index (χ4n) is 1.22. The molecule has 0 unspecified atom stereocenters. The molecule has 1 fully saturated rings. The van der Waals surface area contributed by atoms with Gasteiger partial charge < -0.3 is 4.90 Å². The quantitative estimate of drug-likeness (QED) is 0.495. The van der Waals surface area contributed by atoms with Crippen LogP contribution in [0.4, 0.5) is 0 Å². The molecule has 1 heterocycles. The summed E-state index contributed by atoms with van der Waals surface area (Å²) in [5.74, 6) is -0.0281. The van der Waals surface area contributed by atoms with Gasteiger partial charge in [-0.25, -0.2) is 0 Å². The first-order valence-electron chi connectivity index (χ1n) is 3.68. The molecular weight excluding hydrogens is 126 g/mol. The van der Waals surface area contributed by atoms with Crippen LogP contribution in [0.15, 0.2) is 6.08 Å². The van der Waals surface area contributed by atoms with Crippen molar-refractivity contribution in [1.29, 1.82) is 0 Å². The molecule has 2 nitrogen and oxygen atoms in total. The maximum Gasteiger partial charge on any atom is 0.246 e. The van der Waals surface area contributed by atoms with Crippen molar-refractivity contribution in [3.05, 3.63) is 12.7 Å². The number of hydrogen-bond donors (Lipinski definition) is 0. The molecule has 55 valence electrons. The molecule has 0 saturated carbocycles. The summed E-state index contributed by atoms with van der Waals surface area (Å²) >= 11 is 0. The van der Waals surface area contributed by atoms with Crippen molar-refractivity contribution in [3.8, 4) is 0 Å². The van der Waals surface area contributed by atoms with E-state index in [-0.39, 0.29) is 5.91 Å². The third-order valence-electron chi connectivity index (χ3n) is 1.81. The van der Waals surface area contributed by atoms with Gasteiger partial charge in [0.25, 0.3) is 0 Å². The summed E-state index contributed by atoms with van der Waals surface area (Å²) in [5, 5.41) is 0. The van der Waals surface area contributed by atoms with Gasteiger partial charge in [-0.2, -0.15) is 0 Å². The van der Waals surface area contributed by atoms with Crippen LogP contribution >= 0.6 is 0 Å². The number of rotatable bonds is 1. The van der Waals surface area contributed by atoms with Crippen LogP contribution in [0, 0.1) is 6.58 Å². The highest BCUT2D eigenvalue weighted by Gasteiger charge is 2.12. The van der Waals surface area contributed by atoms with Crippen molar-refractivity contribution in [2.24, 2.45) is 0 Å². The van der Waals surface area contributed by atoms with E-state index in [1.54, 1.807) is 4.90 Å². The number of piperidine rings is 1. The third-order valence-corrected chi connectivity index (χ3v) is 1.81. The molecule has 1 saturated heterocycles. The smallest absolute Gasteiger partial charge is 0.246 e. The Morgan fingerprint density at radius 3 is 2.40 bits per heavy atom. The summed E-state index contributed by atoms with van der Waals surface area (Å²) in [4.78, 5) is 12.7. The largest absolute Gasteiger partial charge is 0.339 e. The van der Waals surface area contributed by atoms with E-state index in [9.17, 15) is 4.79 Å². The lowest BCUT2D eigenvalue weighted by molar-refractivity contribution is -0.126. The van der Waals surface area contributed by atoms with Crippen molar-refractivity contribution in [2.45, 2.75) is 19.3 Å². The Morgan fingerprint density at radius 1 is 1.30 bits per heavy atom. The van der Waals surface area contributed by atoms with Gasteiger partial charge >= 0.3 is 0 Å². The highest BCUT2D eigenvalue weighted by Crippen LogP contribution is 2.08. The average molecular weight is 138 g/mol. The van der Waals surface area contributed by atoms with Crippen LogP contribution in [-0.4, -0.2) is 23.9 Å². The summed E-state index contributed by atoms with van der Waals surface area (Å²) in [6.45, 7) is 6.85. The van der Waals surface area contributed by atoms with E-state index in [1.165, 1.54) is 6.42 Å². The van der Waals surface area contributed by atoms with Crippen molar-refractivity contribution >= 4 is 5.91 Å². The number of carbonyl (C=O) groups excluding carboxylic acids is 1. The SMILES string of the molecule is [CH]=CC(=O)N1CCCCC1. The summed E-state index contributed by atoms with van der Waals surface area (Å²) in [6, 6.07) is 0. The minimum Gasteiger partial charge on any atom is -0.339 e. The zero-order valence-corrected chi connectivity index (χ0v) is 6.05. The Hall–Kier alpha value is -0.790. The topological polar surface area (TPSA) is 20.3 Å². The minimum atomic E-state index is -0.0281. The number of likely N-dealkylation sites (tertiary alicyclic amines) is 1. The van der Waals surface area contributed by atoms with Crippen LogP contribution in [0.25, 0.3) is 0 Å². The Kier molecular flexibility index (Phi) is 2.49. The average Bonchev–Trinajstić information content (AvgIpc) is 2.05. The second-order valence-corrected chi connectivity index (χ2v) is 2.55. The molecule has 1 amide bonds. The predicted octanol–water partition coefficient (Wildman–Crippen LogP) is 0.988. The van der Waals surface area contributed by atoms with Crippen LogP contribution in [0.5, 0.6) is 0 Å². The standard InChI is InChI=1S/C8H12NO/c1-2-8(10)9-6-4-3-5-7-9/h1-2H,3-7H2. The molecule has 0 spiro atoms. The van der Waals surface area contributed by atoms with E-state index in [2.05, 4.69) is 0 Å². The van der Waals surface area contributed by atoms with E-state index in [1.807, 2.05) is 0 Å². The van der Waals surface area contributed by atoms with Gasteiger partial charge in [0, 0.05) is 19.2 Å². The number of amides is 1. The summed E-state index contributed by atoms with van der Waals surface area (Å²) in [7, 11) is 0. The fraction of sp³-hybridized carbons (Fsp3) is 0.625. The first kappa shape index (κ1) is 7.32. The molecular formula is C8H12NO. The number of carbonyl (C=O) groups is 1. The summed E-state index contributed by atoms with van der Waals surface area (Å²) < 4.78 is 0. The molecule has 0 aliphatic carbocycles. The maximum absolute atomic E-state index is 10.9. The molecule has 0 aromatic carbocycles. The van der Waals surface area contributed by atoms with Crippen molar-refractivity contribution in [1.82, 2.24) is 4.90 Å². The molecule has 1 rings (SSSR count). The number of hydrogen-bond acceptors (Lipinski definition) is 1. The fourth-order valence-corrected chi connectivity index (χ4v) is 1.22. The van der Waals surface area contributed by atoms with Crippen LogP contribution in [0.2, 0.25) is 0 Å². The van der Waals surface area contributed by atoms with E-state index in [4.69, 9.17) is 6.58 Å². The van der Waals surface area contributed by atoms with Crippen LogP contribution < -0.4 is 0 Å². The van der Waals surface area contributed by atoms with Crippen LogP contribution in [-0.2, 0) is 4.79 Å². The maximum atomic E-state index is 10.9. The lowest BCUT2D eigenvalue weighted by atomic mass is 10.1. The zero-order chi connectivity index (χ0) is 7.40. The Labute approximate surface area is 61.5 Å². The summed E-state index contributed by atoms with van der Waals surface area (Å²) in [6.07, 6.45) is 4.64. The van der Waals surface area contributed by atoms with E-state index >= 15 is 0 Å². The molecule has 2 heteroatoms. The lowest BCUT2D eigenvalue weighted by Crippen LogP contribution is -2.34. The molecule has 0 aromatic heterocycles. The number of nitrogens with zero attached hydrogens (tertiary/aromatic N) is 1. The Bertz CT molecular complexity index is 136. The molecule has 0 atom stereocenters. The van der Waals surface area contributed by atoms with Gasteiger partial charge in [0.15, 0.2) is 0 Å². The van der Waals surface area contributed by atoms with Crippen molar-refractivity contribution in [2.75, 3.05) is 13.1 Å². The Balaban J connectivity index is 2.38. The van der Waals surface area contributed by atoms with Crippen LogP contribution in [0.3, 0.4) is 0 Å². The highest BCUT2D eigenvalue weighted by atomic mass is 16.2. The molecule has 0 N–H and O–H groups in total. The van der Waals surface area contributed by atoms with Gasteiger partial charge in [-0.15, -0.1) is 0 Å². The summed E-state index contributed by atoms with van der Waals surface area (Å²) in [5.41, 5.74) is 0. The highest BCUT2D eigenvalue weighted by molar-refractivity contribution is 5.86.